The van der Waals surface area contributed by atoms with Crippen molar-refractivity contribution in [1.82, 2.24) is 5.01 Å². The summed E-state index contributed by atoms with van der Waals surface area (Å²) in [5.41, 5.74) is 3.95. The summed E-state index contributed by atoms with van der Waals surface area (Å²) < 4.78 is 0. The Bertz CT molecular complexity index is 1210. The molecule has 0 N–H and O–H groups in total. The number of fused-ring (bicyclic) bond motifs is 1. The molecule has 1 fully saturated rings. The summed E-state index contributed by atoms with van der Waals surface area (Å²) in [7, 11) is 0. The van der Waals surface area contributed by atoms with Crippen LogP contribution in [0.1, 0.15) is 43.0 Å². The third-order valence-corrected chi connectivity index (χ3v) is 6.68. The zero-order chi connectivity index (χ0) is 22.0. The average molecular weight is 419 g/mol. The molecule has 0 amide bonds. The first-order valence-electron chi connectivity index (χ1n) is 11.5. The summed E-state index contributed by atoms with van der Waals surface area (Å²) in [5, 5.41) is 10.1. The van der Waals surface area contributed by atoms with E-state index in [-0.39, 0.29) is 11.5 Å². The summed E-state index contributed by atoms with van der Waals surface area (Å²) in [5.74, 6) is 0. The Hall–Kier alpha value is -3.39. The summed E-state index contributed by atoms with van der Waals surface area (Å²) in [4.78, 5) is 0. The monoisotopic (exact) mass is 418 g/mol. The van der Waals surface area contributed by atoms with E-state index in [1.54, 1.807) is 0 Å². The van der Waals surface area contributed by atoms with Gasteiger partial charge in [-0.15, -0.1) is 0 Å². The van der Waals surface area contributed by atoms with Crippen molar-refractivity contribution in [3.05, 3.63) is 120 Å². The van der Waals surface area contributed by atoms with Crippen molar-refractivity contribution in [2.45, 2.75) is 38.8 Å². The molecule has 160 valence electrons. The molecule has 0 radical (unpaired) electrons. The van der Waals surface area contributed by atoms with Gasteiger partial charge in [0.05, 0.1) is 18.3 Å². The lowest BCUT2D eigenvalue weighted by molar-refractivity contribution is 0.162. The van der Waals surface area contributed by atoms with E-state index in [1.165, 1.54) is 21.9 Å². The molecule has 5 rings (SSSR count). The molecule has 4 aromatic rings. The first-order chi connectivity index (χ1) is 15.6. The van der Waals surface area contributed by atoms with E-state index in [0.29, 0.717) is 6.04 Å². The first kappa shape index (κ1) is 20.5. The Kier molecular flexibility index (Phi) is 5.53. The van der Waals surface area contributed by atoms with E-state index in [2.05, 4.69) is 116 Å². The Balaban J connectivity index is 1.55. The van der Waals surface area contributed by atoms with Gasteiger partial charge in [-0.25, -0.2) is 0 Å². The van der Waals surface area contributed by atoms with Crippen LogP contribution in [0.2, 0.25) is 0 Å². The van der Waals surface area contributed by atoms with Gasteiger partial charge < -0.3 is 0 Å². The molecular weight excluding hydrogens is 388 g/mol. The lowest BCUT2D eigenvalue weighted by atomic mass is 9.79. The number of nitrogens with zero attached hydrogens (tertiary/aromatic N) is 2. The zero-order valence-electron chi connectivity index (χ0n) is 18.9. The van der Waals surface area contributed by atoms with Gasteiger partial charge in [-0.3, -0.25) is 5.01 Å². The van der Waals surface area contributed by atoms with Crippen LogP contribution < -0.4 is 0 Å². The smallest absolute Gasteiger partial charge is 0.0775 e. The quantitative estimate of drug-likeness (QED) is 0.311. The highest BCUT2D eigenvalue weighted by molar-refractivity contribution is 5.83. The predicted octanol–water partition coefficient (Wildman–Crippen LogP) is 7.26. The van der Waals surface area contributed by atoms with Crippen molar-refractivity contribution in [2.75, 3.05) is 0 Å². The largest absolute Gasteiger partial charge is 0.286 e. The van der Waals surface area contributed by atoms with Crippen molar-refractivity contribution >= 4 is 17.0 Å². The molecule has 1 aliphatic heterocycles. The van der Waals surface area contributed by atoms with Crippen molar-refractivity contribution in [2.24, 2.45) is 10.5 Å². The van der Waals surface area contributed by atoms with Gasteiger partial charge in [-0.2, -0.15) is 5.10 Å². The Morgan fingerprint density at radius 3 is 2.22 bits per heavy atom. The highest BCUT2D eigenvalue weighted by Crippen LogP contribution is 2.51. The van der Waals surface area contributed by atoms with Gasteiger partial charge in [0.15, 0.2) is 0 Å². The Labute approximate surface area is 191 Å². The molecule has 0 bridgehead atoms. The molecule has 32 heavy (non-hydrogen) atoms. The van der Waals surface area contributed by atoms with E-state index in [1.807, 2.05) is 12.3 Å². The number of hydrogen-bond acceptors (Lipinski definition) is 2. The van der Waals surface area contributed by atoms with Gasteiger partial charge in [0.1, 0.15) is 0 Å². The fraction of sp³-hybridized carbons (Fsp3) is 0.233. The van der Waals surface area contributed by atoms with Crippen molar-refractivity contribution < 1.29 is 0 Å². The van der Waals surface area contributed by atoms with Gasteiger partial charge >= 0.3 is 0 Å². The van der Waals surface area contributed by atoms with E-state index < -0.39 is 0 Å². The van der Waals surface area contributed by atoms with Crippen LogP contribution in [0.15, 0.2) is 108 Å². The zero-order valence-corrected chi connectivity index (χ0v) is 18.9. The summed E-state index contributed by atoms with van der Waals surface area (Å²) in [6.45, 7) is 4.78. The third-order valence-electron chi connectivity index (χ3n) is 6.68. The van der Waals surface area contributed by atoms with E-state index >= 15 is 0 Å². The second kappa shape index (κ2) is 8.63. The van der Waals surface area contributed by atoms with E-state index in [0.717, 1.165) is 18.4 Å². The van der Waals surface area contributed by atoms with Crippen LogP contribution in [-0.4, -0.2) is 17.3 Å². The maximum Gasteiger partial charge on any atom is 0.0775 e. The highest BCUT2D eigenvalue weighted by atomic mass is 15.5. The number of benzene rings is 4. The topological polar surface area (TPSA) is 15.6 Å². The minimum absolute atomic E-state index is 0.107. The third kappa shape index (κ3) is 4.18. The maximum atomic E-state index is 5.11. The van der Waals surface area contributed by atoms with E-state index in [4.69, 9.17) is 5.10 Å². The van der Waals surface area contributed by atoms with Crippen LogP contribution in [0.5, 0.6) is 0 Å². The van der Waals surface area contributed by atoms with Crippen LogP contribution in [0.3, 0.4) is 0 Å². The molecule has 0 aromatic heterocycles. The summed E-state index contributed by atoms with van der Waals surface area (Å²) >= 11 is 0. The van der Waals surface area contributed by atoms with Crippen molar-refractivity contribution in [3.8, 4) is 0 Å². The van der Waals surface area contributed by atoms with E-state index in [9.17, 15) is 0 Å². The second-order valence-corrected chi connectivity index (χ2v) is 9.58. The lowest BCUT2D eigenvalue weighted by Crippen LogP contribution is -2.30. The molecule has 1 heterocycles. The van der Waals surface area contributed by atoms with Gasteiger partial charge in [0.2, 0.25) is 0 Å². The molecule has 0 aliphatic carbocycles. The van der Waals surface area contributed by atoms with Gasteiger partial charge in [0.25, 0.3) is 0 Å². The molecule has 2 nitrogen and oxygen atoms in total. The van der Waals surface area contributed by atoms with Crippen molar-refractivity contribution in [1.29, 1.82) is 0 Å². The number of hydrazone groups is 1. The molecule has 0 spiro atoms. The molecule has 4 aromatic carbocycles. The Morgan fingerprint density at radius 1 is 0.812 bits per heavy atom. The fourth-order valence-electron chi connectivity index (χ4n) is 5.25. The van der Waals surface area contributed by atoms with Gasteiger partial charge in [0, 0.05) is 0 Å². The molecule has 2 atom stereocenters. The fourth-order valence-corrected chi connectivity index (χ4v) is 5.25. The molecule has 2 heteroatoms. The molecule has 1 aliphatic rings. The first-order valence-corrected chi connectivity index (χ1v) is 11.5. The molecular formula is C30H30N2. The van der Waals surface area contributed by atoms with Crippen LogP contribution in [0.25, 0.3) is 10.8 Å². The number of hydrogen-bond donors (Lipinski definition) is 0. The maximum absolute atomic E-state index is 5.11. The molecule has 0 unspecified atom stereocenters. The SMILES string of the molecule is CC1(C)C[C@H](Cc2ccccc2)N(/N=C/c2ccccc2)[C@@H]1c1ccc2ccccc2c1. The van der Waals surface area contributed by atoms with Crippen LogP contribution in [0, 0.1) is 5.41 Å². The molecule has 1 saturated heterocycles. The number of rotatable bonds is 5. The summed E-state index contributed by atoms with van der Waals surface area (Å²) in [6.07, 6.45) is 4.12. The normalized spacial score (nSPS) is 20.2. The average Bonchev–Trinajstić information content (AvgIpc) is 3.07. The van der Waals surface area contributed by atoms with Crippen LogP contribution in [-0.2, 0) is 6.42 Å². The lowest BCUT2D eigenvalue weighted by Gasteiger charge is -2.33. The second-order valence-electron chi connectivity index (χ2n) is 9.58. The van der Waals surface area contributed by atoms with Crippen LogP contribution >= 0.6 is 0 Å². The van der Waals surface area contributed by atoms with Gasteiger partial charge in [-0.05, 0) is 51.8 Å². The van der Waals surface area contributed by atoms with Crippen LogP contribution in [0.4, 0.5) is 0 Å². The summed E-state index contributed by atoms with van der Waals surface area (Å²) in [6, 6.07) is 37.3. The highest BCUT2D eigenvalue weighted by Gasteiger charge is 2.46. The minimum atomic E-state index is 0.107. The predicted molar refractivity (Wildman–Crippen MR) is 135 cm³/mol. The minimum Gasteiger partial charge on any atom is -0.286 e. The molecule has 0 saturated carbocycles. The van der Waals surface area contributed by atoms with Gasteiger partial charge in [-0.1, -0.05) is 111 Å². The van der Waals surface area contributed by atoms with Crippen molar-refractivity contribution in [3.63, 3.8) is 0 Å². The standard InChI is InChI=1S/C30H30N2/c1-30(2)21-28(19-23-11-5-3-6-12-23)32(31-22-24-13-7-4-8-14-24)29(30)27-18-17-25-15-9-10-16-26(25)20-27/h3-18,20,22,28-29H,19,21H2,1-2H3/b31-22+/t28-,29+/m0/s1. The Morgan fingerprint density at radius 2 is 1.47 bits per heavy atom.